The van der Waals surface area contributed by atoms with Gasteiger partial charge in [0.15, 0.2) is 0 Å². The van der Waals surface area contributed by atoms with Crippen molar-refractivity contribution in [2.75, 3.05) is 26.7 Å². The van der Waals surface area contributed by atoms with Crippen molar-refractivity contribution in [3.05, 3.63) is 47.5 Å². The van der Waals surface area contributed by atoms with Crippen LogP contribution >= 0.6 is 12.4 Å². The van der Waals surface area contributed by atoms with Crippen LogP contribution in [0.15, 0.2) is 36.0 Å². The summed E-state index contributed by atoms with van der Waals surface area (Å²) in [5.74, 6) is 6.70. The number of fused-ring (bicyclic) bond motifs is 3. The molecule has 0 aliphatic carbocycles. The second kappa shape index (κ2) is 8.53. The van der Waals surface area contributed by atoms with Gasteiger partial charge in [0.1, 0.15) is 12.7 Å². The Balaban J connectivity index is 0.00000225. The summed E-state index contributed by atoms with van der Waals surface area (Å²) < 4.78 is 0. The van der Waals surface area contributed by atoms with Crippen LogP contribution in [0.25, 0.3) is 0 Å². The van der Waals surface area contributed by atoms with E-state index in [2.05, 4.69) is 28.5 Å². The summed E-state index contributed by atoms with van der Waals surface area (Å²) in [7, 11) is 1.52. The quantitative estimate of drug-likeness (QED) is 0.388. The minimum atomic E-state index is -0.877. The van der Waals surface area contributed by atoms with Crippen LogP contribution in [0.1, 0.15) is 29.5 Å². The molecule has 3 aliphatic rings. The van der Waals surface area contributed by atoms with E-state index < -0.39 is 5.60 Å². The van der Waals surface area contributed by atoms with Gasteiger partial charge in [-0.2, -0.15) is 0 Å². The molecule has 2 bridgehead atoms. The monoisotopic (exact) mass is 360 g/mol. The first-order valence-corrected chi connectivity index (χ1v) is 8.43. The Hall–Kier alpha value is -1.80. The van der Waals surface area contributed by atoms with Gasteiger partial charge < -0.3 is 9.94 Å². The molecule has 5 heteroatoms. The fraction of sp³-hybridized carbons (Fsp3) is 0.450. The van der Waals surface area contributed by atoms with E-state index in [1.165, 1.54) is 7.11 Å². The minimum absolute atomic E-state index is 0. The van der Waals surface area contributed by atoms with E-state index >= 15 is 0 Å². The van der Waals surface area contributed by atoms with Crippen LogP contribution < -0.4 is 0 Å². The van der Waals surface area contributed by atoms with Gasteiger partial charge in [0.05, 0.1) is 6.21 Å². The first-order chi connectivity index (χ1) is 11.6. The van der Waals surface area contributed by atoms with Crippen molar-refractivity contribution in [3.63, 3.8) is 0 Å². The van der Waals surface area contributed by atoms with E-state index in [1.807, 2.05) is 24.3 Å². The van der Waals surface area contributed by atoms with Crippen LogP contribution in [-0.2, 0) is 11.3 Å². The van der Waals surface area contributed by atoms with Gasteiger partial charge in [-0.3, -0.25) is 4.90 Å². The summed E-state index contributed by atoms with van der Waals surface area (Å²) in [5.41, 5.74) is 2.11. The van der Waals surface area contributed by atoms with Crippen molar-refractivity contribution in [2.45, 2.75) is 24.9 Å². The van der Waals surface area contributed by atoms with E-state index in [1.54, 1.807) is 6.21 Å². The lowest BCUT2D eigenvalue weighted by Gasteiger charge is -2.47. The molecule has 3 saturated heterocycles. The Morgan fingerprint density at radius 2 is 2.20 bits per heavy atom. The van der Waals surface area contributed by atoms with E-state index in [0.717, 1.165) is 49.0 Å². The zero-order valence-corrected chi connectivity index (χ0v) is 15.4. The lowest BCUT2D eigenvalue weighted by atomic mass is 9.75. The largest absolute Gasteiger partial charge is 0.399 e. The number of hydrogen-bond donors (Lipinski definition) is 1. The molecule has 3 fully saturated rings. The standard InChI is InChI=1S/C20H24N2O2.ClH/c1-3-4-18-13-16(14-21-24-2)5-6-17(18)7-10-20(23)15-22-11-8-19(20)9-12-22;/h3,5-6,13-14,19,23H,1,4,8-9,11-12,15H2,2H3;1H. The van der Waals surface area contributed by atoms with Crippen LogP contribution in [0.5, 0.6) is 0 Å². The Bertz CT molecular complexity index is 699. The smallest absolute Gasteiger partial charge is 0.141 e. The summed E-state index contributed by atoms with van der Waals surface area (Å²) in [6.07, 6.45) is 6.34. The number of halogens is 1. The zero-order chi connectivity index (χ0) is 17.0. The zero-order valence-electron chi connectivity index (χ0n) is 14.6. The molecule has 0 radical (unpaired) electrons. The Labute approximate surface area is 156 Å². The van der Waals surface area contributed by atoms with Crippen LogP contribution in [-0.4, -0.2) is 48.6 Å². The maximum atomic E-state index is 10.9. The van der Waals surface area contributed by atoms with Crippen molar-refractivity contribution in [3.8, 4) is 11.8 Å². The Kier molecular flexibility index (Phi) is 6.66. The first kappa shape index (κ1) is 19.5. The van der Waals surface area contributed by atoms with Crippen molar-refractivity contribution in [1.82, 2.24) is 4.90 Å². The molecule has 1 aromatic rings. The van der Waals surface area contributed by atoms with Gasteiger partial charge in [0.2, 0.25) is 0 Å². The minimum Gasteiger partial charge on any atom is -0.399 e. The molecule has 1 unspecified atom stereocenters. The lowest BCUT2D eigenvalue weighted by molar-refractivity contribution is -0.0713. The van der Waals surface area contributed by atoms with Gasteiger partial charge in [0, 0.05) is 18.0 Å². The molecule has 0 aromatic heterocycles. The highest BCUT2D eigenvalue weighted by atomic mass is 35.5. The molecule has 25 heavy (non-hydrogen) atoms. The van der Waals surface area contributed by atoms with Crippen LogP contribution in [0, 0.1) is 17.8 Å². The average molecular weight is 361 g/mol. The van der Waals surface area contributed by atoms with Gasteiger partial charge in [-0.05, 0) is 55.6 Å². The number of piperidine rings is 3. The van der Waals surface area contributed by atoms with Gasteiger partial charge >= 0.3 is 0 Å². The molecule has 3 heterocycles. The highest BCUT2D eigenvalue weighted by Crippen LogP contribution is 2.35. The van der Waals surface area contributed by atoms with Gasteiger partial charge in [-0.25, -0.2) is 0 Å². The molecule has 3 aliphatic heterocycles. The first-order valence-electron chi connectivity index (χ1n) is 8.43. The third kappa shape index (κ3) is 4.43. The highest BCUT2D eigenvalue weighted by molar-refractivity contribution is 5.85. The second-order valence-corrected chi connectivity index (χ2v) is 6.55. The van der Waals surface area contributed by atoms with Crippen LogP contribution in [0.4, 0.5) is 0 Å². The van der Waals surface area contributed by atoms with Crippen molar-refractivity contribution in [2.24, 2.45) is 11.1 Å². The Morgan fingerprint density at radius 1 is 1.44 bits per heavy atom. The van der Waals surface area contributed by atoms with Gasteiger partial charge in [-0.1, -0.05) is 29.1 Å². The maximum Gasteiger partial charge on any atom is 0.141 e. The number of allylic oxidation sites excluding steroid dienone is 1. The molecule has 1 aromatic carbocycles. The topological polar surface area (TPSA) is 45.1 Å². The fourth-order valence-corrected chi connectivity index (χ4v) is 3.61. The van der Waals surface area contributed by atoms with Crippen molar-refractivity contribution in [1.29, 1.82) is 0 Å². The van der Waals surface area contributed by atoms with E-state index in [4.69, 9.17) is 4.84 Å². The molecule has 0 saturated carbocycles. The molecular formula is C20H25ClN2O2. The van der Waals surface area contributed by atoms with Crippen LogP contribution in [0.2, 0.25) is 0 Å². The normalized spacial score (nSPS) is 27.3. The lowest BCUT2D eigenvalue weighted by Crippen LogP contribution is -2.58. The SMILES string of the molecule is C=CCc1cc(C=NOC)ccc1C#CC1(O)CN2CCC1CC2.Cl. The van der Waals surface area contributed by atoms with E-state index in [0.29, 0.717) is 12.5 Å². The fourth-order valence-electron chi connectivity index (χ4n) is 3.61. The van der Waals surface area contributed by atoms with E-state index in [-0.39, 0.29) is 12.4 Å². The third-order valence-electron chi connectivity index (χ3n) is 4.94. The molecule has 1 N–H and O–H groups in total. The predicted octanol–water partition coefficient (Wildman–Crippen LogP) is 2.63. The molecule has 1 atom stereocenters. The van der Waals surface area contributed by atoms with Crippen LogP contribution in [0.3, 0.4) is 0 Å². The molecule has 134 valence electrons. The number of rotatable bonds is 4. The summed E-state index contributed by atoms with van der Waals surface area (Å²) in [6.45, 7) is 6.66. The summed E-state index contributed by atoms with van der Waals surface area (Å²) in [5, 5.41) is 14.7. The third-order valence-corrected chi connectivity index (χ3v) is 4.94. The van der Waals surface area contributed by atoms with Crippen molar-refractivity contribution < 1.29 is 9.94 Å². The molecule has 4 rings (SSSR count). The van der Waals surface area contributed by atoms with Gasteiger partial charge in [-0.15, -0.1) is 19.0 Å². The molecule has 0 amide bonds. The maximum absolute atomic E-state index is 10.9. The molecule has 4 nitrogen and oxygen atoms in total. The van der Waals surface area contributed by atoms with Crippen molar-refractivity contribution >= 4 is 18.6 Å². The second-order valence-electron chi connectivity index (χ2n) is 6.55. The Morgan fingerprint density at radius 3 is 2.80 bits per heavy atom. The number of benzene rings is 1. The summed E-state index contributed by atoms with van der Waals surface area (Å²) in [4.78, 5) is 7.04. The molecule has 0 spiro atoms. The summed E-state index contributed by atoms with van der Waals surface area (Å²) >= 11 is 0. The van der Waals surface area contributed by atoms with E-state index in [9.17, 15) is 5.11 Å². The summed E-state index contributed by atoms with van der Waals surface area (Å²) in [6, 6.07) is 5.97. The number of hydrogen-bond acceptors (Lipinski definition) is 4. The van der Waals surface area contributed by atoms with Gasteiger partial charge in [0.25, 0.3) is 0 Å². The predicted molar refractivity (Wildman–Crippen MR) is 103 cm³/mol. The highest BCUT2D eigenvalue weighted by Gasteiger charge is 2.44. The molecular weight excluding hydrogens is 336 g/mol. The number of nitrogens with zero attached hydrogens (tertiary/aromatic N) is 2. The number of oxime groups is 1. The average Bonchev–Trinajstić information content (AvgIpc) is 2.60. The number of aliphatic hydroxyl groups is 1.